The van der Waals surface area contributed by atoms with E-state index in [0.717, 1.165) is 47.5 Å². The highest BCUT2D eigenvalue weighted by Crippen LogP contribution is 2.64. The van der Waals surface area contributed by atoms with Crippen molar-refractivity contribution in [1.82, 2.24) is 15.2 Å². The molecule has 4 N–H and O–H groups in total. The lowest BCUT2D eigenvalue weighted by Gasteiger charge is -2.64. The minimum atomic E-state index is -1.01. The number of nitrogens with zero attached hydrogens (tertiary/aromatic N) is 2. The second-order valence-electron chi connectivity index (χ2n) is 12.2. The molecule has 200 valence electrons. The van der Waals surface area contributed by atoms with E-state index in [0.29, 0.717) is 36.1 Å². The standard InChI is InChI=1S/C31H32N4O4/c32-28(36)21-8-7-18-15-24-31(38)11-9-23(34-29(37)20-10-13-33-22-4-2-1-3-19(20)22)27-30(31,25(18)26(21)39-27)12-14-35(24)16-17-5-6-17/h1-4,7-8,10,13,17,23-24,27,38H,5-6,9,11-12,14-16H2,(H2,32,36)(H,34,37)/t23-,24-,27+,30+,31-/m1/s1. The van der Waals surface area contributed by atoms with Crippen LogP contribution in [0.3, 0.4) is 0 Å². The minimum absolute atomic E-state index is 0.0170. The molecule has 1 spiro atoms. The lowest BCUT2D eigenvalue weighted by molar-refractivity contribution is -0.191. The van der Waals surface area contributed by atoms with Crippen molar-refractivity contribution in [3.05, 3.63) is 70.9 Å². The Bertz CT molecular complexity index is 1550. The molecule has 8 rings (SSSR count). The Morgan fingerprint density at radius 3 is 2.77 bits per heavy atom. The van der Waals surface area contributed by atoms with Gasteiger partial charge in [0.05, 0.1) is 33.7 Å². The second kappa shape index (κ2) is 8.02. The molecule has 2 aliphatic heterocycles. The zero-order valence-corrected chi connectivity index (χ0v) is 21.7. The molecule has 5 aliphatic rings. The Kier molecular flexibility index (Phi) is 4.81. The van der Waals surface area contributed by atoms with Crippen molar-refractivity contribution in [3.63, 3.8) is 0 Å². The Balaban J connectivity index is 1.22. The number of benzene rings is 2. The normalized spacial score (nSPS) is 32.4. The Morgan fingerprint density at radius 1 is 1.10 bits per heavy atom. The van der Waals surface area contributed by atoms with Crippen LogP contribution in [0.1, 0.15) is 63.9 Å². The molecule has 1 aromatic heterocycles. The predicted molar refractivity (Wildman–Crippen MR) is 145 cm³/mol. The molecule has 3 fully saturated rings. The first-order valence-corrected chi connectivity index (χ1v) is 14.1. The summed E-state index contributed by atoms with van der Waals surface area (Å²) in [5, 5.41) is 16.8. The van der Waals surface area contributed by atoms with Gasteiger partial charge in [0.15, 0.2) is 0 Å². The number of primary amides is 1. The van der Waals surface area contributed by atoms with Gasteiger partial charge in [0.25, 0.3) is 11.8 Å². The number of pyridine rings is 1. The van der Waals surface area contributed by atoms with E-state index in [4.69, 9.17) is 10.5 Å². The number of aliphatic hydroxyl groups is 1. The first kappa shape index (κ1) is 23.4. The smallest absolute Gasteiger partial charge is 0.252 e. The quantitative estimate of drug-likeness (QED) is 0.473. The molecule has 8 heteroatoms. The molecular weight excluding hydrogens is 492 g/mol. The van der Waals surface area contributed by atoms with E-state index in [1.54, 1.807) is 18.3 Å². The summed E-state index contributed by atoms with van der Waals surface area (Å²) in [4.78, 5) is 33.1. The molecule has 2 saturated carbocycles. The summed E-state index contributed by atoms with van der Waals surface area (Å²) in [7, 11) is 0. The second-order valence-corrected chi connectivity index (χ2v) is 12.2. The fourth-order valence-electron chi connectivity index (χ4n) is 8.38. The van der Waals surface area contributed by atoms with Gasteiger partial charge in [0, 0.05) is 29.7 Å². The predicted octanol–water partition coefficient (Wildman–Crippen LogP) is 2.70. The van der Waals surface area contributed by atoms with Gasteiger partial charge in [-0.1, -0.05) is 24.3 Å². The third kappa shape index (κ3) is 3.10. The number of hydrogen-bond acceptors (Lipinski definition) is 6. The average Bonchev–Trinajstić information content (AvgIpc) is 3.68. The van der Waals surface area contributed by atoms with Gasteiger partial charge in [0.1, 0.15) is 11.9 Å². The highest BCUT2D eigenvalue weighted by atomic mass is 16.5. The number of rotatable bonds is 5. The number of aromatic nitrogens is 1. The fraction of sp³-hybridized carbons (Fsp3) is 0.452. The Labute approximate surface area is 226 Å². The van der Waals surface area contributed by atoms with Gasteiger partial charge in [-0.15, -0.1) is 0 Å². The van der Waals surface area contributed by atoms with Crippen molar-refractivity contribution in [2.45, 2.75) is 67.7 Å². The van der Waals surface area contributed by atoms with E-state index in [-0.39, 0.29) is 18.0 Å². The first-order chi connectivity index (χ1) is 18.9. The highest BCUT2D eigenvalue weighted by molar-refractivity contribution is 6.06. The highest BCUT2D eigenvalue weighted by Gasteiger charge is 2.73. The van der Waals surface area contributed by atoms with Gasteiger partial charge >= 0.3 is 0 Å². The number of nitrogens with one attached hydrogen (secondary N) is 1. The summed E-state index contributed by atoms with van der Waals surface area (Å²) in [5.74, 6) is 0.503. The minimum Gasteiger partial charge on any atom is -0.486 e. The number of carbonyl (C=O) groups is 2. The number of carbonyl (C=O) groups excluding carboxylic acids is 2. The number of fused-ring (bicyclic) bond motifs is 1. The van der Waals surface area contributed by atoms with Crippen LogP contribution >= 0.6 is 0 Å². The number of nitrogens with two attached hydrogens (primary N) is 1. The number of amides is 2. The molecule has 3 aliphatic carbocycles. The molecule has 0 radical (unpaired) electrons. The van der Waals surface area contributed by atoms with Gasteiger partial charge in [-0.05, 0) is 74.8 Å². The molecular formula is C31H32N4O4. The molecule has 2 bridgehead atoms. The summed E-state index contributed by atoms with van der Waals surface area (Å²) in [6, 6.07) is 12.8. The zero-order chi connectivity index (χ0) is 26.5. The SMILES string of the molecule is NC(=O)c1ccc2c3c1O[C@H]1[C@H](NC(=O)c4ccnc5ccccc45)CC[C@@]4(O)[C@@H](C2)N(CC2CC2)CC[C@]314. The number of ether oxygens (including phenoxy) is 1. The zero-order valence-electron chi connectivity index (χ0n) is 21.7. The summed E-state index contributed by atoms with van der Waals surface area (Å²) < 4.78 is 6.70. The maximum Gasteiger partial charge on any atom is 0.252 e. The van der Waals surface area contributed by atoms with Crippen molar-refractivity contribution in [3.8, 4) is 5.75 Å². The van der Waals surface area contributed by atoms with Crippen LogP contribution in [0.4, 0.5) is 0 Å². The van der Waals surface area contributed by atoms with Crippen LogP contribution in [0.5, 0.6) is 5.75 Å². The molecule has 3 aromatic rings. The van der Waals surface area contributed by atoms with E-state index in [9.17, 15) is 14.7 Å². The molecule has 2 aromatic carbocycles. The fourth-order valence-corrected chi connectivity index (χ4v) is 8.38. The topological polar surface area (TPSA) is 118 Å². The third-order valence-electron chi connectivity index (χ3n) is 10.3. The van der Waals surface area contributed by atoms with Crippen molar-refractivity contribution >= 4 is 22.7 Å². The molecule has 5 atom stereocenters. The lowest BCUT2D eigenvalue weighted by Crippen LogP contribution is -2.78. The van der Waals surface area contributed by atoms with Gasteiger partial charge in [0.2, 0.25) is 0 Å². The maximum absolute atomic E-state index is 13.7. The molecule has 0 unspecified atom stereocenters. The molecule has 3 heterocycles. The van der Waals surface area contributed by atoms with Crippen LogP contribution in [-0.2, 0) is 11.8 Å². The van der Waals surface area contributed by atoms with Crippen molar-refractivity contribution < 1.29 is 19.4 Å². The average molecular weight is 525 g/mol. The Hall–Kier alpha value is -3.49. The monoisotopic (exact) mass is 524 g/mol. The van der Waals surface area contributed by atoms with Crippen molar-refractivity contribution in [2.75, 3.05) is 13.1 Å². The maximum atomic E-state index is 13.7. The van der Waals surface area contributed by atoms with E-state index >= 15 is 0 Å². The summed E-state index contributed by atoms with van der Waals surface area (Å²) in [6.07, 6.45) is 6.27. The number of piperidine rings is 1. The molecule has 1 saturated heterocycles. The van der Waals surface area contributed by atoms with Gasteiger partial charge < -0.3 is 20.9 Å². The summed E-state index contributed by atoms with van der Waals surface area (Å²) in [6.45, 7) is 1.88. The first-order valence-electron chi connectivity index (χ1n) is 14.1. The molecule has 8 nitrogen and oxygen atoms in total. The van der Waals surface area contributed by atoms with Crippen molar-refractivity contribution in [2.24, 2.45) is 11.7 Å². The van der Waals surface area contributed by atoms with Crippen LogP contribution in [-0.4, -0.2) is 63.7 Å². The number of likely N-dealkylation sites (tertiary alicyclic amines) is 1. The van der Waals surface area contributed by atoms with Crippen LogP contribution in [0.2, 0.25) is 0 Å². The van der Waals surface area contributed by atoms with Crippen LogP contribution in [0.15, 0.2) is 48.7 Å². The van der Waals surface area contributed by atoms with Crippen LogP contribution in [0.25, 0.3) is 10.9 Å². The summed E-state index contributed by atoms with van der Waals surface area (Å²) in [5.41, 5.74) is 7.83. The molecule has 2 amide bonds. The Morgan fingerprint density at radius 2 is 1.95 bits per heavy atom. The van der Waals surface area contributed by atoms with Gasteiger partial charge in [-0.3, -0.25) is 19.5 Å². The van der Waals surface area contributed by atoms with Gasteiger partial charge in [-0.25, -0.2) is 0 Å². The van der Waals surface area contributed by atoms with Crippen molar-refractivity contribution in [1.29, 1.82) is 0 Å². The van der Waals surface area contributed by atoms with Crippen LogP contribution in [0, 0.1) is 5.92 Å². The number of hydrogen-bond donors (Lipinski definition) is 3. The number of para-hydroxylation sites is 1. The van der Waals surface area contributed by atoms with Gasteiger partial charge in [-0.2, -0.15) is 0 Å². The molecule has 39 heavy (non-hydrogen) atoms. The van der Waals surface area contributed by atoms with E-state index in [1.807, 2.05) is 30.3 Å². The lowest BCUT2D eigenvalue weighted by atomic mass is 9.48. The van der Waals surface area contributed by atoms with E-state index in [2.05, 4.69) is 15.2 Å². The van der Waals surface area contributed by atoms with Crippen LogP contribution < -0.4 is 15.8 Å². The third-order valence-corrected chi connectivity index (χ3v) is 10.3. The van der Waals surface area contributed by atoms with E-state index < -0.39 is 23.0 Å². The van der Waals surface area contributed by atoms with E-state index in [1.165, 1.54) is 12.8 Å². The summed E-state index contributed by atoms with van der Waals surface area (Å²) >= 11 is 0. The largest absolute Gasteiger partial charge is 0.486 e.